The number of carbonyl (C=O) groups is 1. The Morgan fingerprint density at radius 3 is 2.70 bits per heavy atom. The van der Waals surface area contributed by atoms with Gasteiger partial charge in [0.2, 0.25) is 11.7 Å². The molecule has 8 nitrogen and oxygen atoms in total. The van der Waals surface area contributed by atoms with Crippen LogP contribution >= 0.6 is 0 Å². The number of nitrogens with one attached hydrogen (secondary N) is 1. The van der Waals surface area contributed by atoms with Gasteiger partial charge in [-0.2, -0.15) is 4.98 Å². The Morgan fingerprint density at radius 2 is 1.96 bits per heavy atom. The molecule has 27 heavy (non-hydrogen) atoms. The molecule has 1 aromatic heterocycles. The number of carbonyl (C=O) groups excluding carboxylic acids is 1. The zero-order chi connectivity index (χ0) is 19.2. The SMILES string of the molecule is COc1ccc(-c2noc(COc3cccc(NC(C)=O)c3)n2)c(OC)c1. The second-order valence-electron chi connectivity index (χ2n) is 5.58. The first-order chi connectivity index (χ1) is 13.1. The first-order valence-corrected chi connectivity index (χ1v) is 8.14. The maximum atomic E-state index is 11.1. The van der Waals surface area contributed by atoms with Crippen molar-refractivity contribution in [2.45, 2.75) is 13.5 Å². The summed E-state index contributed by atoms with van der Waals surface area (Å²) >= 11 is 0. The highest BCUT2D eigenvalue weighted by atomic mass is 16.5. The van der Waals surface area contributed by atoms with Gasteiger partial charge in [0, 0.05) is 24.7 Å². The molecule has 1 N–H and O–H groups in total. The minimum absolute atomic E-state index is 0.0923. The summed E-state index contributed by atoms with van der Waals surface area (Å²) in [6, 6.07) is 12.4. The predicted octanol–water partition coefficient (Wildman–Crippen LogP) is 3.29. The van der Waals surface area contributed by atoms with E-state index in [4.69, 9.17) is 18.7 Å². The van der Waals surface area contributed by atoms with Gasteiger partial charge >= 0.3 is 0 Å². The van der Waals surface area contributed by atoms with E-state index < -0.39 is 0 Å². The Kier molecular flexibility index (Phi) is 5.55. The van der Waals surface area contributed by atoms with Crippen molar-refractivity contribution in [2.75, 3.05) is 19.5 Å². The van der Waals surface area contributed by atoms with Crippen LogP contribution in [0.3, 0.4) is 0 Å². The van der Waals surface area contributed by atoms with E-state index in [0.29, 0.717) is 40.2 Å². The molecule has 140 valence electrons. The predicted molar refractivity (Wildman–Crippen MR) is 97.9 cm³/mol. The second-order valence-corrected chi connectivity index (χ2v) is 5.58. The molecule has 0 saturated carbocycles. The van der Waals surface area contributed by atoms with Crippen molar-refractivity contribution in [2.24, 2.45) is 0 Å². The first kappa shape index (κ1) is 18.2. The molecule has 2 aromatic carbocycles. The van der Waals surface area contributed by atoms with E-state index in [1.165, 1.54) is 6.92 Å². The van der Waals surface area contributed by atoms with E-state index in [0.717, 1.165) is 0 Å². The summed E-state index contributed by atoms with van der Waals surface area (Å²) < 4.78 is 21.4. The summed E-state index contributed by atoms with van der Waals surface area (Å²) in [6.45, 7) is 1.54. The quantitative estimate of drug-likeness (QED) is 0.683. The molecule has 0 fully saturated rings. The summed E-state index contributed by atoms with van der Waals surface area (Å²) in [5.74, 6) is 2.37. The monoisotopic (exact) mass is 369 g/mol. The summed E-state index contributed by atoms with van der Waals surface area (Å²) in [4.78, 5) is 15.5. The largest absolute Gasteiger partial charge is 0.497 e. The number of ether oxygens (including phenoxy) is 3. The Hall–Kier alpha value is -3.55. The lowest BCUT2D eigenvalue weighted by Gasteiger charge is -2.07. The topological polar surface area (TPSA) is 95.7 Å². The highest BCUT2D eigenvalue weighted by molar-refractivity contribution is 5.88. The summed E-state index contributed by atoms with van der Waals surface area (Å²) in [5.41, 5.74) is 1.33. The van der Waals surface area contributed by atoms with Crippen molar-refractivity contribution < 1.29 is 23.5 Å². The first-order valence-electron chi connectivity index (χ1n) is 8.14. The van der Waals surface area contributed by atoms with Gasteiger partial charge in [0.15, 0.2) is 6.61 Å². The summed E-state index contributed by atoms with van der Waals surface area (Å²) in [7, 11) is 3.14. The van der Waals surface area contributed by atoms with Crippen LogP contribution in [0.5, 0.6) is 17.2 Å². The molecule has 3 aromatic rings. The van der Waals surface area contributed by atoms with Crippen LogP contribution in [-0.4, -0.2) is 30.3 Å². The molecule has 1 heterocycles. The molecule has 0 saturated heterocycles. The standard InChI is InChI=1S/C19H19N3O5/c1-12(23)20-13-5-4-6-15(9-13)26-11-18-21-19(22-27-18)16-8-7-14(24-2)10-17(16)25-3/h4-10H,11H2,1-3H3,(H,20,23). The fourth-order valence-corrected chi connectivity index (χ4v) is 2.42. The molecule has 0 aliphatic carbocycles. The third-order valence-corrected chi connectivity index (χ3v) is 3.63. The summed E-state index contributed by atoms with van der Waals surface area (Å²) in [5, 5.41) is 6.67. The maximum absolute atomic E-state index is 11.1. The minimum Gasteiger partial charge on any atom is -0.497 e. The fourth-order valence-electron chi connectivity index (χ4n) is 2.42. The number of hydrogen-bond donors (Lipinski definition) is 1. The van der Waals surface area contributed by atoms with E-state index in [2.05, 4.69) is 15.5 Å². The number of rotatable bonds is 7. The van der Waals surface area contributed by atoms with Gasteiger partial charge in [-0.05, 0) is 24.3 Å². The van der Waals surface area contributed by atoms with E-state index in [1.54, 1.807) is 56.7 Å². The van der Waals surface area contributed by atoms with Crippen LogP contribution in [0.2, 0.25) is 0 Å². The number of hydrogen-bond acceptors (Lipinski definition) is 7. The highest BCUT2D eigenvalue weighted by Crippen LogP contribution is 2.31. The normalized spacial score (nSPS) is 10.3. The molecule has 0 bridgehead atoms. The van der Waals surface area contributed by atoms with E-state index in [1.807, 2.05) is 0 Å². The smallest absolute Gasteiger partial charge is 0.264 e. The number of methoxy groups -OCH3 is 2. The van der Waals surface area contributed by atoms with Gasteiger partial charge in [0.1, 0.15) is 17.2 Å². The van der Waals surface area contributed by atoms with Crippen LogP contribution in [0.1, 0.15) is 12.8 Å². The van der Waals surface area contributed by atoms with Crippen LogP contribution in [0.4, 0.5) is 5.69 Å². The number of anilines is 1. The van der Waals surface area contributed by atoms with Crippen LogP contribution in [0, 0.1) is 0 Å². The number of nitrogens with zero attached hydrogens (tertiary/aromatic N) is 2. The van der Waals surface area contributed by atoms with Crippen molar-refractivity contribution in [1.29, 1.82) is 0 Å². The Balaban J connectivity index is 1.71. The molecule has 3 rings (SSSR count). The molecule has 0 radical (unpaired) electrons. The lowest BCUT2D eigenvalue weighted by molar-refractivity contribution is -0.114. The molecule has 8 heteroatoms. The zero-order valence-corrected chi connectivity index (χ0v) is 15.2. The van der Waals surface area contributed by atoms with Crippen molar-refractivity contribution in [3.63, 3.8) is 0 Å². The molecule has 0 unspecified atom stereocenters. The van der Waals surface area contributed by atoms with Gasteiger partial charge in [-0.3, -0.25) is 4.79 Å². The van der Waals surface area contributed by atoms with E-state index >= 15 is 0 Å². The van der Waals surface area contributed by atoms with Gasteiger partial charge in [-0.1, -0.05) is 11.2 Å². The van der Waals surface area contributed by atoms with Crippen molar-refractivity contribution >= 4 is 11.6 Å². The van der Waals surface area contributed by atoms with Crippen LogP contribution < -0.4 is 19.5 Å². The molecule has 0 aliphatic rings. The molecule has 1 amide bonds. The van der Waals surface area contributed by atoms with Crippen molar-refractivity contribution in [3.8, 4) is 28.6 Å². The summed E-state index contributed by atoms with van der Waals surface area (Å²) in [6.07, 6.45) is 0. The molecule has 0 spiro atoms. The van der Waals surface area contributed by atoms with Crippen molar-refractivity contribution in [1.82, 2.24) is 10.1 Å². The molecule has 0 atom stereocenters. The van der Waals surface area contributed by atoms with Crippen LogP contribution in [-0.2, 0) is 11.4 Å². The number of benzene rings is 2. The highest BCUT2D eigenvalue weighted by Gasteiger charge is 2.14. The average Bonchev–Trinajstić information content (AvgIpc) is 3.14. The second kappa shape index (κ2) is 8.22. The van der Waals surface area contributed by atoms with Gasteiger partial charge in [0.25, 0.3) is 5.89 Å². The van der Waals surface area contributed by atoms with E-state index in [-0.39, 0.29) is 12.5 Å². The average molecular weight is 369 g/mol. The molecular weight excluding hydrogens is 350 g/mol. The van der Waals surface area contributed by atoms with Crippen LogP contribution in [0.25, 0.3) is 11.4 Å². The van der Waals surface area contributed by atoms with Crippen molar-refractivity contribution in [3.05, 3.63) is 48.4 Å². The van der Waals surface area contributed by atoms with E-state index in [9.17, 15) is 4.79 Å². The van der Waals surface area contributed by atoms with Gasteiger partial charge in [-0.25, -0.2) is 0 Å². The molecular formula is C19H19N3O5. The Morgan fingerprint density at radius 1 is 1.11 bits per heavy atom. The van der Waals surface area contributed by atoms with Gasteiger partial charge in [0.05, 0.1) is 19.8 Å². The van der Waals surface area contributed by atoms with Gasteiger partial charge in [-0.15, -0.1) is 0 Å². The zero-order valence-electron chi connectivity index (χ0n) is 15.2. The Bertz CT molecular complexity index is 939. The maximum Gasteiger partial charge on any atom is 0.264 e. The fraction of sp³-hybridized carbons (Fsp3) is 0.211. The third-order valence-electron chi connectivity index (χ3n) is 3.63. The molecule has 0 aliphatic heterocycles. The lowest BCUT2D eigenvalue weighted by atomic mass is 10.2. The Labute approximate surface area is 156 Å². The van der Waals surface area contributed by atoms with Gasteiger partial charge < -0.3 is 24.1 Å². The number of amides is 1. The third kappa shape index (κ3) is 4.55. The lowest BCUT2D eigenvalue weighted by Crippen LogP contribution is -2.05. The number of aromatic nitrogens is 2. The minimum atomic E-state index is -0.151. The van der Waals surface area contributed by atoms with Crippen LogP contribution in [0.15, 0.2) is 47.0 Å².